The third kappa shape index (κ3) is 2.90. The van der Waals surface area contributed by atoms with Gasteiger partial charge in [-0.2, -0.15) is 0 Å². The van der Waals surface area contributed by atoms with Gasteiger partial charge in [0.2, 0.25) is 0 Å². The van der Waals surface area contributed by atoms with E-state index in [1.54, 1.807) is 0 Å². The molecule has 0 bridgehead atoms. The molecule has 0 N–H and O–H groups in total. The molecular formula is C12H18O3P2S. The van der Waals surface area contributed by atoms with E-state index in [1.807, 2.05) is 18.2 Å². The molecule has 1 saturated heterocycles. The Hall–Kier alpha value is 0.310. The Kier molecular flexibility index (Phi) is 5.44. The van der Waals surface area contributed by atoms with Crippen molar-refractivity contribution >= 4 is 31.6 Å². The molecule has 0 saturated carbocycles. The van der Waals surface area contributed by atoms with Crippen LogP contribution in [0.5, 0.6) is 0 Å². The summed E-state index contributed by atoms with van der Waals surface area (Å²) in [6.07, 6.45) is -0.310. The molecule has 18 heavy (non-hydrogen) atoms. The second kappa shape index (κ2) is 6.65. The largest absolute Gasteiger partial charge is 0.359 e. The molecule has 0 aliphatic carbocycles. The maximum Gasteiger partial charge on any atom is 0.130 e. The van der Waals surface area contributed by atoms with Crippen LogP contribution in [0, 0.1) is 5.92 Å². The van der Waals surface area contributed by atoms with E-state index in [4.69, 9.17) is 13.8 Å². The van der Waals surface area contributed by atoms with Crippen molar-refractivity contribution in [2.75, 3.05) is 0 Å². The first kappa shape index (κ1) is 14.7. The first-order valence-electron chi connectivity index (χ1n) is 5.78. The van der Waals surface area contributed by atoms with Crippen LogP contribution in [0.15, 0.2) is 30.3 Å². The summed E-state index contributed by atoms with van der Waals surface area (Å²) in [5.41, 5.74) is 0.827. The topological polar surface area (TPSA) is 27.7 Å². The van der Waals surface area contributed by atoms with Crippen LogP contribution in [0.4, 0.5) is 0 Å². The molecule has 6 heteroatoms. The molecule has 0 radical (unpaired) electrons. The normalized spacial score (nSPS) is 36.6. The Balaban J connectivity index is 2.24. The van der Waals surface area contributed by atoms with Gasteiger partial charge >= 0.3 is 0 Å². The van der Waals surface area contributed by atoms with Crippen LogP contribution in [0.2, 0.25) is 0 Å². The quantitative estimate of drug-likeness (QED) is 0.687. The van der Waals surface area contributed by atoms with E-state index in [2.05, 4.69) is 50.6 Å². The molecule has 1 aromatic carbocycles. The van der Waals surface area contributed by atoms with Crippen molar-refractivity contribution < 1.29 is 13.8 Å². The fraction of sp³-hybridized carbons (Fsp3) is 0.500. The van der Waals surface area contributed by atoms with Crippen LogP contribution in [-0.4, -0.2) is 17.6 Å². The molecule has 7 atom stereocenters. The fourth-order valence-corrected chi connectivity index (χ4v) is 3.56. The van der Waals surface area contributed by atoms with Gasteiger partial charge in [0, 0.05) is 24.9 Å². The van der Waals surface area contributed by atoms with E-state index >= 15 is 0 Å². The minimum absolute atomic E-state index is 0.0318. The van der Waals surface area contributed by atoms with E-state index in [0.29, 0.717) is 0 Å². The number of ether oxygens (including phenoxy) is 1. The van der Waals surface area contributed by atoms with Crippen LogP contribution >= 0.6 is 31.6 Å². The van der Waals surface area contributed by atoms with Gasteiger partial charge in [0.05, 0.1) is 12.2 Å². The van der Waals surface area contributed by atoms with E-state index in [0.717, 1.165) is 5.56 Å². The van der Waals surface area contributed by atoms with E-state index in [1.165, 1.54) is 0 Å². The summed E-state index contributed by atoms with van der Waals surface area (Å²) in [5.74, 6) is 0.179. The summed E-state index contributed by atoms with van der Waals surface area (Å²) >= 11 is 4.45. The standard InChI is InChI=1S/C12H18O3P2S/c1-7-9(8-5-3-2-4-6-8)13-12(18)11(15-17)10(7)14-16/h2-7,9-12,18H,16-17H2,1H3/t7-,9?,10+,11-,12?/m0/s1. The predicted octanol–water partition coefficient (Wildman–Crippen LogP) is 3.00. The summed E-state index contributed by atoms with van der Waals surface area (Å²) < 4.78 is 16.8. The molecule has 1 aliphatic heterocycles. The van der Waals surface area contributed by atoms with Crippen molar-refractivity contribution in [3.8, 4) is 0 Å². The van der Waals surface area contributed by atoms with Crippen LogP contribution in [0.1, 0.15) is 18.6 Å². The van der Waals surface area contributed by atoms with Gasteiger partial charge in [-0.1, -0.05) is 37.3 Å². The summed E-state index contributed by atoms with van der Waals surface area (Å²) in [4.78, 5) is 0. The number of thiol groups is 1. The first-order valence-corrected chi connectivity index (χ1v) is 7.24. The van der Waals surface area contributed by atoms with Crippen LogP contribution < -0.4 is 0 Å². The first-order chi connectivity index (χ1) is 8.69. The Morgan fingerprint density at radius 2 is 1.72 bits per heavy atom. The van der Waals surface area contributed by atoms with Crippen LogP contribution in [0.3, 0.4) is 0 Å². The van der Waals surface area contributed by atoms with Gasteiger partial charge in [0.25, 0.3) is 0 Å². The summed E-state index contributed by atoms with van der Waals surface area (Å²) in [7, 11) is 4.58. The van der Waals surface area contributed by atoms with Gasteiger partial charge in [0.1, 0.15) is 11.5 Å². The molecule has 4 unspecified atom stereocenters. The lowest BCUT2D eigenvalue weighted by molar-refractivity contribution is -0.144. The van der Waals surface area contributed by atoms with Crippen molar-refractivity contribution in [3.63, 3.8) is 0 Å². The number of rotatable bonds is 3. The maximum atomic E-state index is 5.96. The Morgan fingerprint density at radius 1 is 1.11 bits per heavy atom. The summed E-state index contributed by atoms with van der Waals surface area (Å²) in [5, 5.41) is 0. The van der Waals surface area contributed by atoms with Gasteiger partial charge in [-0.25, -0.2) is 0 Å². The van der Waals surface area contributed by atoms with Gasteiger partial charge < -0.3 is 13.8 Å². The van der Waals surface area contributed by atoms with Crippen molar-refractivity contribution in [2.24, 2.45) is 5.92 Å². The van der Waals surface area contributed by atoms with E-state index < -0.39 is 0 Å². The summed E-state index contributed by atoms with van der Waals surface area (Å²) in [6, 6.07) is 10.1. The average Bonchev–Trinajstić information content (AvgIpc) is 2.41. The van der Waals surface area contributed by atoms with E-state index in [9.17, 15) is 0 Å². The van der Waals surface area contributed by atoms with E-state index in [-0.39, 0.29) is 29.7 Å². The van der Waals surface area contributed by atoms with Crippen LogP contribution in [0.25, 0.3) is 0 Å². The molecule has 2 rings (SSSR count). The number of hydrogen-bond acceptors (Lipinski definition) is 4. The Bertz CT molecular complexity index is 379. The molecule has 1 aliphatic rings. The highest BCUT2D eigenvalue weighted by molar-refractivity contribution is 7.80. The highest BCUT2D eigenvalue weighted by atomic mass is 32.1. The highest BCUT2D eigenvalue weighted by Crippen LogP contribution is 2.41. The number of benzene rings is 1. The lowest BCUT2D eigenvalue weighted by Crippen LogP contribution is -2.48. The molecular weight excluding hydrogens is 286 g/mol. The zero-order chi connectivity index (χ0) is 13.1. The monoisotopic (exact) mass is 304 g/mol. The van der Waals surface area contributed by atoms with Gasteiger partial charge in [0.15, 0.2) is 0 Å². The maximum absolute atomic E-state index is 5.96. The minimum atomic E-state index is -0.311. The Morgan fingerprint density at radius 3 is 2.28 bits per heavy atom. The molecule has 1 heterocycles. The molecule has 1 aromatic rings. The number of hydrogen-bond donors (Lipinski definition) is 1. The Labute approximate surface area is 118 Å². The van der Waals surface area contributed by atoms with Crippen molar-refractivity contribution in [1.82, 2.24) is 0 Å². The molecule has 100 valence electrons. The molecule has 0 spiro atoms. The summed E-state index contributed by atoms with van der Waals surface area (Å²) in [6.45, 7) is 2.10. The lowest BCUT2D eigenvalue weighted by atomic mass is 9.87. The van der Waals surface area contributed by atoms with Crippen molar-refractivity contribution in [1.29, 1.82) is 0 Å². The molecule has 0 aromatic heterocycles. The third-order valence-corrected chi connectivity index (χ3v) is 4.37. The smallest absolute Gasteiger partial charge is 0.130 e. The predicted molar refractivity (Wildman–Crippen MR) is 81.4 cm³/mol. The SMILES string of the molecule is C[C@H]1C(c2ccccc2)OC(S)[C@@H](OP)[C@@H]1OP. The van der Waals surface area contributed by atoms with Crippen LogP contribution in [-0.2, 0) is 13.8 Å². The molecule has 3 nitrogen and oxygen atoms in total. The zero-order valence-corrected chi connectivity index (χ0v) is 13.3. The van der Waals surface area contributed by atoms with Crippen molar-refractivity contribution in [3.05, 3.63) is 35.9 Å². The molecule has 0 amide bonds. The molecule has 1 fully saturated rings. The average molecular weight is 304 g/mol. The fourth-order valence-electron chi connectivity index (χ4n) is 2.36. The van der Waals surface area contributed by atoms with Gasteiger partial charge in [-0.15, -0.1) is 12.6 Å². The van der Waals surface area contributed by atoms with Gasteiger partial charge in [-0.3, -0.25) is 0 Å². The lowest BCUT2D eigenvalue weighted by Gasteiger charge is -2.43. The highest BCUT2D eigenvalue weighted by Gasteiger charge is 2.43. The third-order valence-electron chi connectivity index (χ3n) is 3.33. The zero-order valence-electron chi connectivity index (χ0n) is 10.1. The van der Waals surface area contributed by atoms with Gasteiger partial charge in [-0.05, 0) is 5.56 Å². The van der Waals surface area contributed by atoms with Crippen molar-refractivity contribution in [2.45, 2.75) is 30.7 Å². The minimum Gasteiger partial charge on any atom is -0.359 e. The second-order valence-electron chi connectivity index (χ2n) is 4.42. The second-order valence-corrected chi connectivity index (χ2v) is 5.47.